The molecule has 1 saturated carbocycles. The lowest BCUT2D eigenvalue weighted by atomic mass is 10.1. The molecule has 0 spiro atoms. The van der Waals surface area contributed by atoms with Gasteiger partial charge < -0.3 is 10.1 Å². The van der Waals surface area contributed by atoms with Crippen molar-refractivity contribution in [3.8, 4) is 5.88 Å². The second-order valence-corrected chi connectivity index (χ2v) is 5.01. The largest absolute Gasteiger partial charge is 0.478 e. The highest BCUT2D eigenvalue weighted by atomic mass is 35.5. The second-order valence-electron chi connectivity index (χ2n) is 4.70. The zero-order valence-corrected chi connectivity index (χ0v) is 11.7. The fourth-order valence-corrected chi connectivity index (χ4v) is 2.77. The SMILES string of the molecule is CCOc1cc(C)nc(NC2CCCC2CCl)n1. The molecule has 1 heterocycles. The molecule has 2 atom stereocenters. The molecule has 1 aliphatic rings. The normalized spacial score (nSPS) is 23.1. The molecular weight excluding hydrogens is 250 g/mol. The average Bonchev–Trinajstić information content (AvgIpc) is 2.76. The van der Waals surface area contributed by atoms with Gasteiger partial charge in [0, 0.05) is 23.7 Å². The van der Waals surface area contributed by atoms with Crippen LogP contribution in [0, 0.1) is 12.8 Å². The molecule has 1 N–H and O–H groups in total. The van der Waals surface area contributed by atoms with Crippen molar-refractivity contribution in [3.05, 3.63) is 11.8 Å². The van der Waals surface area contributed by atoms with Crippen LogP contribution >= 0.6 is 11.6 Å². The fraction of sp³-hybridized carbons (Fsp3) is 0.692. The van der Waals surface area contributed by atoms with Gasteiger partial charge in [0.15, 0.2) is 0 Å². The van der Waals surface area contributed by atoms with Gasteiger partial charge in [-0.05, 0) is 32.6 Å². The van der Waals surface area contributed by atoms with Crippen molar-refractivity contribution in [2.75, 3.05) is 17.8 Å². The molecule has 2 rings (SSSR count). The molecule has 0 radical (unpaired) electrons. The quantitative estimate of drug-likeness (QED) is 0.835. The summed E-state index contributed by atoms with van der Waals surface area (Å²) in [5.41, 5.74) is 0.913. The van der Waals surface area contributed by atoms with Crippen LogP contribution in [0.25, 0.3) is 0 Å². The van der Waals surface area contributed by atoms with Gasteiger partial charge in [-0.15, -0.1) is 11.6 Å². The van der Waals surface area contributed by atoms with Crippen LogP contribution in [-0.4, -0.2) is 28.5 Å². The molecule has 1 aromatic rings. The summed E-state index contributed by atoms with van der Waals surface area (Å²) < 4.78 is 5.43. The lowest BCUT2D eigenvalue weighted by Gasteiger charge is -2.19. The van der Waals surface area contributed by atoms with Crippen molar-refractivity contribution < 1.29 is 4.74 Å². The maximum atomic E-state index is 5.98. The Morgan fingerprint density at radius 3 is 3.00 bits per heavy atom. The number of nitrogens with one attached hydrogen (secondary N) is 1. The third kappa shape index (κ3) is 3.25. The molecule has 1 aliphatic carbocycles. The molecule has 4 nitrogen and oxygen atoms in total. The first kappa shape index (κ1) is 13.4. The zero-order chi connectivity index (χ0) is 13.0. The molecule has 2 unspecified atom stereocenters. The van der Waals surface area contributed by atoms with Gasteiger partial charge in [-0.2, -0.15) is 4.98 Å². The predicted molar refractivity (Wildman–Crippen MR) is 73.4 cm³/mol. The lowest BCUT2D eigenvalue weighted by molar-refractivity contribution is 0.326. The first-order chi connectivity index (χ1) is 8.72. The molecule has 5 heteroatoms. The van der Waals surface area contributed by atoms with E-state index < -0.39 is 0 Å². The summed E-state index contributed by atoms with van der Waals surface area (Å²) >= 11 is 5.98. The highest BCUT2D eigenvalue weighted by Gasteiger charge is 2.27. The van der Waals surface area contributed by atoms with E-state index in [2.05, 4.69) is 15.3 Å². The summed E-state index contributed by atoms with van der Waals surface area (Å²) in [6, 6.07) is 2.24. The van der Waals surface area contributed by atoms with E-state index in [1.165, 1.54) is 12.8 Å². The average molecular weight is 270 g/mol. The van der Waals surface area contributed by atoms with Crippen molar-refractivity contribution in [2.45, 2.75) is 39.2 Å². The molecule has 1 aromatic heterocycles. The summed E-state index contributed by atoms with van der Waals surface area (Å²) in [5.74, 6) is 2.50. The number of anilines is 1. The summed E-state index contributed by atoms with van der Waals surface area (Å²) in [4.78, 5) is 8.77. The maximum Gasteiger partial charge on any atom is 0.226 e. The minimum Gasteiger partial charge on any atom is -0.478 e. The molecular formula is C13H20ClN3O. The maximum absolute atomic E-state index is 5.98. The van der Waals surface area contributed by atoms with Crippen LogP contribution in [0.4, 0.5) is 5.95 Å². The topological polar surface area (TPSA) is 47.0 Å². The summed E-state index contributed by atoms with van der Waals surface area (Å²) in [6.07, 6.45) is 3.54. The van der Waals surface area contributed by atoms with Crippen LogP contribution in [0.3, 0.4) is 0 Å². The number of alkyl halides is 1. The number of aryl methyl sites for hydroxylation is 1. The molecule has 100 valence electrons. The van der Waals surface area contributed by atoms with Crippen LogP contribution in [0.5, 0.6) is 5.88 Å². The highest BCUT2D eigenvalue weighted by Crippen LogP contribution is 2.29. The van der Waals surface area contributed by atoms with E-state index >= 15 is 0 Å². The number of hydrogen-bond acceptors (Lipinski definition) is 4. The van der Waals surface area contributed by atoms with Crippen molar-refractivity contribution in [1.29, 1.82) is 0 Å². The monoisotopic (exact) mass is 269 g/mol. The van der Waals surface area contributed by atoms with Crippen molar-refractivity contribution in [1.82, 2.24) is 9.97 Å². The van der Waals surface area contributed by atoms with Gasteiger partial charge in [-0.3, -0.25) is 0 Å². The van der Waals surface area contributed by atoms with Crippen molar-refractivity contribution >= 4 is 17.5 Å². The van der Waals surface area contributed by atoms with E-state index in [4.69, 9.17) is 16.3 Å². The van der Waals surface area contributed by atoms with E-state index in [0.717, 1.165) is 12.1 Å². The van der Waals surface area contributed by atoms with E-state index in [1.807, 2.05) is 19.9 Å². The standard InChI is InChI=1S/C13H20ClN3O/c1-3-18-12-7-9(2)15-13(17-12)16-11-6-4-5-10(11)8-14/h7,10-11H,3-6,8H2,1-2H3,(H,15,16,17). The van der Waals surface area contributed by atoms with Gasteiger partial charge in [0.25, 0.3) is 0 Å². The number of rotatable bonds is 5. The molecule has 0 aliphatic heterocycles. The Labute approximate surface area is 113 Å². The molecule has 0 saturated heterocycles. The van der Waals surface area contributed by atoms with Crippen LogP contribution < -0.4 is 10.1 Å². The van der Waals surface area contributed by atoms with E-state index in [9.17, 15) is 0 Å². The third-order valence-corrected chi connectivity index (χ3v) is 3.69. The van der Waals surface area contributed by atoms with Gasteiger partial charge in [-0.1, -0.05) is 6.42 Å². The summed E-state index contributed by atoms with van der Waals surface area (Å²) in [7, 11) is 0. The Morgan fingerprint density at radius 2 is 2.28 bits per heavy atom. The Hall–Kier alpha value is -1.03. The van der Waals surface area contributed by atoms with Crippen LogP contribution in [0.1, 0.15) is 31.9 Å². The van der Waals surface area contributed by atoms with E-state index in [-0.39, 0.29) is 0 Å². The lowest BCUT2D eigenvalue weighted by Crippen LogP contribution is -2.26. The van der Waals surface area contributed by atoms with Gasteiger partial charge in [0.05, 0.1) is 6.61 Å². The van der Waals surface area contributed by atoms with Gasteiger partial charge >= 0.3 is 0 Å². The Morgan fingerprint density at radius 1 is 1.44 bits per heavy atom. The first-order valence-corrected chi connectivity index (χ1v) is 7.07. The van der Waals surface area contributed by atoms with Gasteiger partial charge in [-0.25, -0.2) is 4.98 Å². The smallest absolute Gasteiger partial charge is 0.226 e. The summed E-state index contributed by atoms with van der Waals surface area (Å²) in [5, 5.41) is 3.39. The minimum atomic E-state index is 0.388. The Kier molecular flexibility index (Phi) is 4.64. The molecule has 0 bridgehead atoms. The molecule has 0 amide bonds. The Bertz CT molecular complexity index is 400. The molecule has 0 aromatic carbocycles. The van der Waals surface area contributed by atoms with E-state index in [1.54, 1.807) is 0 Å². The molecule has 1 fully saturated rings. The number of aromatic nitrogens is 2. The van der Waals surface area contributed by atoms with Crippen molar-refractivity contribution in [2.24, 2.45) is 5.92 Å². The first-order valence-electron chi connectivity index (χ1n) is 6.54. The van der Waals surface area contributed by atoms with Crippen molar-refractivity contribution in [3.63, 3.8) is 0 Å². The fourth-order valence-electron chi connectivity index (χ4n) is 2.40. The van der Waals surface area contributed by atoms with E-state index in [0.29, 0.717) is 36.3 Å². The Balaban J connectivity index is 2.08. The van der Waals surface area contributed by atoms with Gasteiger partial charge in [0.1, 0.15) is 0 Å². The predicted octanol–water partition coefficient (Wildman–Crippen LogP) is 3.00. The minimum absolute atomic E-state index is 0.388. The van der Waals surface area contributed by atoms with Crippen LogP contribution in [-0.2, 0) is 0 Å². The van der Waals surface area contributed by atoms with Gasteiger partial charge in [0.2, 0.25) is 11.8 Å². The number of nitrogens with zero attached hydrogens (tertiary/aromatic N) is 2. The van der Waals surface area contributed by atoms with Crippen LogP contribution in [0.15, 0.2) is 6.07 Å². The number of ether oxygens (including phenoxy) is 1. The second kappa shape index (κ2) is 6.23. The number of halogens is 1. The third-order valence-electron chi connectivity index (χ3n) is 3.29. The highest BCUT2D eigenvalue weighted by molar-refractivity contribution is 6.18. The summed E-state index contributed by atoms with van der Waals surface area (Å²) in [6.45, 7) is 4.51. The van der Waals surface area contributed by atoms with Crippen LogP contribution in [0.2, 0.25) is 0 Å². The molecule has 18 heavy (non-hydrogen) atoms. The zero-order valence-electron chi connectivity index (χ0n) is 10.9. The number of hydrogen-bond donors (Lipinski definition) is 1.